The first-order valence-electron chi connectivity index (χ1n) is 5.84. The summed E-state index contributed by atoms with van der Waals surface area (Å²) >= 11 is 0. The molecule has 0 amide bonds. The number of phenolic OH excluding ortho intramolecular Hbond substituents is 2. The maximum absolute atomic E-state index is 9.80. The highest BCUT2D eigenvalue weighted by molar-refractivity contribution is 5.45. The zero-order chi connectivity index (χ0) is 11.5. The molecule has 0 radical (unpaired) electrons. The van der Waals surface area contributed by atoms with Gasteiger partial charge in [0.15, 0.2) is 0 Å². The van der Waals surface area contributed by atoms with Gasteiger partial charge < -0.3 is 14.9 Å². The highest BCUT2D eigenvalue weighted by Crippen LogP contribution is 2.40. The summed E-state index contributed by atoms with van der Waals surface area (Å²) in [7, 11) is 0. The molecular weight excluding hydrogens is 204 g/mol. The molecule has 2 unspecified atom stereocenters. The van der Waals surface area contributed by atoms with Gasteiger partial charge in [0, 0.05) is 12.2 Å². The Balaban J connectivity index is 2.23. The minimum absolute atomic E-state index is 0.196. The second kappa shape index (κ2) is 4.74. The fourth-order valence-electron chi connectivity index (χ4n) is 2.39. The van der Waals surface area contributed by atoms with Gasteiger partial charge in [-0.15, -0.1) is 0 Å². The van der Waals surface area contributed by atoms with Crippen molar-refractivity contribution in [1.29, 1.82) is 0 Å². The molecule has 1 heterocycles. The number of hydrogen-bond donors (Lipinski definition) is 2. The third-order valence-corrected chi connectivity index (χ3v) is 3.29. The van der Waals surface area contributed by atoms with Crippen molar-refractivity contribution in [1.82, 2.24) is 0 Å². The molecule has 2 atom stereocenters. The number of hydrogen-bond acceptors (Lipinski definition) is 3. The molecule has 1 aliphatic heterocycles. The molecule has 3 heteroatoms. The average Bonchev–Trinajstić information content (AvgIpc) is 2.29. The standard InChI is InChI=1S/C13H18O3/c1-2-10-8-9(6-7-16-10)13-11(14)4-3-5-12(13)15/h3-5,9-10,14-15H,2,6-8H2,1H3. The predicted octanol–water partition coefficient (Wildman–Crippen LogP) is 2.77. The summed E-state index contributed by atoms with van der Waals surface area (Å²) in [5.74, 6) is 0.600. The SMILES string of the molecule is CCC1CC(c2c(O)cccc2O)CCO1. The van der Waals surface area contributed by atoms with Gasteiger partial charge in [-0.05, 0) is 37.3 Å². The zero-order valence-electron chi connectivity index (χ0n) is 9.52. The van der Waals surface area contributed by atoms with E-state index in [0.29, 0.717) is 12.2 Å². The van der Waals surface area contributed by atoms with Crippen LogP contribution in [0.1, 0.15) is 37.7 Å². The highest BCUT2D eigenvalue weighted by Gasteiger charge is 2.26. The summed E-state index contributed by atoms with van der Waals surface area (Å²) in [6, 6.07) is 4.92. The number of rotatable bonds is 2. The van der Waals surface area contributed by atoms with Crippen LogP contribution in [0, 0.1) is 0 Å². The molecule has 1 aliphatic rings. The maximum Gasteiger partial charge on any atom is 0.122 e. The van der Waals surface area contributed by atoms with Crippen molar-refractivity contribution >= 4 is 0 Å². The smallest absolute Gasteiger partial charge is 0.122 e. The quantitative estimate of drug-likeness (QED) is 0.809. The molecule has 0 spiro atoms. The lowest BCUT2D eigenvalue weighted by Gasteiger charge is -2.29. The monoisotopic (exact) mass is 222 g/mol. The van der Waals surface area contributed by atoms with Crippen LogP contribution < -0.4 is 0 Å². The summed E-state index contributed by atoms with van der Waals surface area (Å²) in [5, 5.41) is 19.6. The summed E-state index contributed by atoms with van der Waals surface area (Å²) in [4.78, 5) is 0. The minimum Gasteiger partial charge on any atom is -0.508 e. The van der Waals surface area contributed by atoms with Crippen LogP contribution in [0.5, 0.6) is 11.5 Å². The third kappa shape index (κ3) is 2.14. The number of phenols is 2. The molecule has 3 nitrogen and oxygen atoms in total. The van der Waals surface area contributed by atoms with Crippen LogP contribution in [0.15, 0.2) is 18.2 Å². The molecule has 2 N–H and O–H groups in total. The van der Waals surface area contributed by atoms with Gasteiger partial charge in [0.25, 0.3) is 0 Å². The molecule has 1 fully saturated rings. The van der Waals surface area contributed by atoms with Crippen molar-refractivity contribution in [3.8, 4) is 11.5 Å². The molecule has 0 aromatic heterocycles. The van der Waals surface area contributed by atoms with E-state index in [1.807, 2.05) is 0 Å². The molecule has 0 bridgehead atoms. The van der Waals surface area contributed by atoms with Gasteiger partial charge in [-0.3, -0.25) is 0 Å². The van der Waals surface area contributed by atoms with Crippen molar-refractivity contribution < 1.29 is 14.9 Å². The Morgan fingerprint density at radius 1 is 1.31 bits per heavy atom. The molecule has 1 aromatic carbocycles. The third-order valence-electron chi connectivity index (χ3n) is 3.29. The first-order valence-corrected chi connectivity index (χ1v) is 5.84. The van der Waals surface area contributed by atoms with Crippen molar-refractivity contribution in [2.75, 3.05) is 6.61 Å². The fraction of sp³-hybridized carbons (Fsp3) is 0.538. The van der Waals surface area contributed by atoms with Crippen LogP contribution in [0.4, 0.5) is 0 Å². The Morgan fingerprint density at radius 2 is 2.00 bits per heavy atom. The van der Waals surface area contributed by atoms with Crippen LogP contribution >= 0.6 is 0 Å². The molecule has 0 saturated carbocycles. The van der Waals surface area contributed by atoms with Crippen molar-refractivity contribution in [3.63, 3.8) is 0 Å². The van der Waals surface area contributed by atoms with E-state index in [9.17, 15) is 10.2 Å². The van der Waals surface area contributed by atoms with Gasteiger partial charge in [0.1, 0.15) is 11.5 Å². The Labute approximate surface area is 95.7 Å². The largest absolute Gasteiger partial charge is 0.508 e. The van der Waals surface area contributed by atoms with Gasteiger partial charge in [-0.2, -0.15) is 0 Å². The number of aromatic hydroxyl groups is 2. The summed E-state index contributed by atoms with van der Waals surface area (Å²) in [5.41, 5.74) is 0.684. The van der Waals surface area contributed by atoms with E-state index in [1.54, 1.807) is 18.2 Å². The minimum atomic E-state index is 0.196. The van der Waals surface area contributed by atoms with Crippen LogP contribution in [-0.4, -0.2) is 22.9 Å². The Bertz CT molecular complexity index is 342. The van der Waals surface area contributed by atoms with Crippen molar-refractivity contribution in [2.24, 2.45) is 0 Å². The van der Waals surface area contributed by atoms with Crippen LogP contribution in [0.2, 0.25) is 0 Å². The Morgan fingerprint density at radius 3 is 2.62 bits per heavy atom. The van der Waals surface area contributed by atoms with E-state index in [2.05, 4.69) is 6.92 Å². The van der Waals surface area contributed by atoms with E-state index in [1.165, 1.54) is 0 Å². The van der Waals surface area contributed by atoms with E-state index in [0.717, 1.165) is 19.3 Å². The van der Waals surface area contributed by atoms with E-state index < -0.39 is 0 Å². The maximum atomic E-state index is 9.80. The van der Waals surface area contributed by atoms with E-state index in [-0.39, 0.29) is 23.5 Å². The van der Waals surface area contributed by atoms with Gasteiger partial charge in [0.05, 0.1) is 6.10 Å². The lowest BCUT2D eigenvalue weighted by Crippen LogP contribution is -2.23. The molecule has 88 valence electrons. The fourth-order valence-corrected chi connectivity index (χ4v) is 2.39. The van der Waals surface area contributed by atoms with Gasteiger partial charge in [-0.1, -0.05) is 13.0 Å². The number of benzene rings is 1. The molecule has 1 saturated heterocycles. The van der Waals surface area contributed by atoms with Crippen LogP contribution in [0.25, 0.3) is 0 Å². The molecule has 0 aliphatic carbocycles. The van der Waals surface area contributed by atoms with Gasteiger partial charge in [0.2, 0.25) is 0 Å². The summed E-state index contributed by atoms with van der Waals surface area (Å²) in [6.45, 7) is 2.80. The molecule has 2 rings (SSSR count). The zero-order valence-corrected chi connectivity index (χ0v) is 9.52. The topological polar surface area (TPSA) is 49.7 Å². The Hall–Kier alpha value is -1.22. The molecular formula is C13H18O3. The van der Waals surface area contributed by atoms with E-state index in [4.69, 9.17) is 4.74 Å². The van der Waals surface area contributed by atoms with Gasteiger partial charge >= 0.3 is 0 Å². The predicted molar refractivity (Wildman–Crippen MR) is 61.8 cm³/mol. The summed E-state index contributed by atoms with van der Waals surface area (Å²) < 4.78 is 5.60. The van der Waals surface area contributed by atoms with Gasteiger partial charge in [-0.25, -0.2) is 0 Å². The van der Waals surface area contributed by atoms with Crippen LogP contribution in [0.3, 0.4) is 0 Å². The van der Waals surface area contributed by atoms with Crippen molar-refractivity contribution in [2.45, 2.75) is 38.2 Å². The molecule has 1 aromatic rings. The molecule has 16 heavy (non-hydrogen) atoms. The lowest BCUT2D eigenvalue weighted by molar-refractivity contribution is 0.00427. The normalized spacial score (nSPS) is 25.6. The lowest BCUT2D eigenvalue weighted by atomic mass is 9.87. The number of ether oxygens (including phenoxy) is 1. The van der Waals surface area contributed by atoms with E-state index >= 15 is 0 Å². The average molecular weight is 222 g/mol. The van der Waals surface area contributed by atoms with Crippen LogP contribution in [-0.2, 0) is 4.74 Å². The summed E-state index contributed by atoms with van der Waals surface area (Å²) in [6.07, 6.45) is 2.96. The first-order chi connectivity index (χ1) is 7.72. The second-order valence-corrected chi connectivity index (χ2v) is 4.33. The first kappa shape index (κ1) is 11.3. The van der Waals surface area contributed by atoms with Crippen molar-refractivity contribution in [3.05, 3.63) is 23.8 Å². The second-order valence-electron chi connectivity index (χ2n) is 4.33. The highest BCUT2D eigenvalue weighted by atomic mass is 16.5. The Kier molecular flexibility index (Phi) is 3.34.